The maximum absolute atomic E-state index is 5.55. The van der Waals surface area contributed by atoms with E-state index in [0.29, 0.717) is 38.4 Å². The van der Waals surface area contributed by atoms with Crippen molar-refractivity contribution in [1.29, 1.82) is 0 Å². The van der Waals surface area contributed by atoms with Gasteiger partial charge in [-0.15, -0.1) is 0 Å². The molecule has 1 unspecified atom stereocenters. The molecule has 0 saturated heterocycles. The van der Waals surface area contributed by atoms with Crippen molar-refractivity contribution >= 4 is 0 Å². The number of nitrogens with one attached hydrogen (secondary N) is 1. The van der Waals surface area contributed by atoms with Gasteiger partial charge in [0.2, 0.25) is 0 Å². The van der Waals surface area contributed by atoms with E-state index in [1.54, 1.807) is 7.11 Å². The van der Waals surface area contributed by atoms with Crippen LogP contribution in [0, 0.1) is 5.92 Å². The Balaban J connectivity index is 3.34. The highest BCUT2D eigenvalue weighted by Crippen LogP contribution is 2.08. The Hall–Kier alpha value is -0.160. The fourth-order valence-corrected chi connectivity index (χ4v) is 1.87. The molecule has 0 saturated carbocycles. The molecule has 0 aliphatic heterocycles. The lowest BCUT2D eigenvalue weighted by molar-refractivity contribution is 0.0234. The summed E-state index contributed by atoms with van der Waals surface area (Å²) in [6.07, 6.45) is 3.48. The average molecular weight is 275 g/mol. The van der Waals surface area contributed by atoms with Crippen LogP contribution in [0.25, 0.3) is 0 Å². The zero-order valence-electron chi connectivity index (χ0n) is 13.2. The lowest BCUT2D eigenvalue weighted by atomic mass is 9.99. The number of rotatable bonds is 14. The molecule has 1 N–H and O–H groups in total. The molecule has 0 aliphatic rings. The molecule has 0 rings (SSSR count). The van der Waals surface area contributed by atoms with Gasteiger partial charge in [0.15, 0.2) is 0 Å². The van der Waals surface area contributed by atoms with Gasteiger partial charge in [-0.1, -0.05) is 20.8 Å². The topological polar surface area (TPSA) is 39.7 Å². The first-order valence-electron chi connectivity index (χ1n) is 7.60. The van der Waals surface area contributed by atoms with Gasteiger partial charge in [0.25, 0.3) is 0 Å². The SMILES string of the molecule is CCCNC(CCCOCCOCCOC)C(C)C. The van der Waals surface area contributed by atoms with Crippen LogP contribution in [0.2, 0.25) is 0 Å². The van der Waals surface area contributed by atoms with Crippen molar-refractivity contribution in [2.45, 2.75) is 46.1 Å². The number of methoxy groups -OCH3 is 1. The number of hydrogen-bond donors (Lipinski definition) is 1. The Morgan fingerprint density at radius 1 is 0.947 bits per heavy atom. The zero-order chi connectivity index (χ0) is 14.3. The molecule has 116 valence electrons. The van der Waals surface area contributed by atoms with Gasteiger partial charge >= 0.3 is 0 Å². The molecule has 19 heavy (non-hydrogen) atoms. The summed E-state index contributed by atoms with van der Waals surface area (Å²) in [5.41, 5.74) is 0. The summed E-state index contributed by atoms with van der Waals surface area (Å²) in [5, 5.41) is 3.60. The van der Waals surface area contributed by atoms with E-state index in [1.807, 2.05) is 0 Å². The standard InChI is InChI=1S/C15H33NO3/c1-5-8-16-15(14(2)3)7-6-9-18-12-13-19-11-10-17-4/h14-16H,5-13H2,1-4H3. The first-order valence-corrected chi connectivity index (χ1v) is 7.60. The van der Waals surface area contributed by atoms with Crippen LogP contribution < -0.4 is 5.32 Å². The summed E-state index contributed by atoms with van der Waals surface area (Å²) in [4.78, 5) is 0. The van der Waals surface area contributed by atoms with Crippen LogP contribution in [0.1, 0.15) is 40.0 Å². The summed E-state index contributed by atoms with van der Waals surface area (Å²) in [7, 11) is 1.68. The van der Waals surface area contributed by atoms with E-state index in [1.165, 1.54) is 12.8 Å². The second kappa shape index (κ2) is 14.3. The van der Waals surface area contributed by atoms with Crippen LogP contribution >= 0.6 is 0 Å². The van der Waals surface area contributed by atoms with Crippen molar-refractivity contribution in [2.24, 2.45) is 5.92 Å². The summed E-state index contributed by atoms with van der Waals surface area (Å²) in [6, 6.07) is 0.613. The summed E-state index contributed by atoms with van der Waals surface area (Å²) < 4.78 is 15.8. The van der Waals surface area contributed by atoms with E-state index < -0.39 is 0 Å². The summed E-state index contributed by atoms with van der Waals surface area (Å²) >= 11 is 0. The summed E-state index contributed by atoms with van der Waals surface area (Å²) in [6.45, 7) is 11.3. The molecule has 4 nitrogen and oxygen atoms in total. The Kier molecular flexibility index (Phi) is 14.1. The second-order valence-corrected chi connectivity index (χ2v) is 5.16. The number of ether oxygens (including phenoxy) is 3. The Bertz CT molecular complexity index is 177. The molecule has 0 aromatic carbocycles. The predicted molar refractivity (Wildman–Crippen MR) is 79.7 cm³/mol. The van der Waals surface area contributed by atoms with Gasteiger partial charge in [-0.25, -0.2) is 0 Å². The minimum atomic E-state index is 0.613. The third kappa shape index (κ3) is 12.6. The first kappa shape index (κ1) is 18.8. The Morgan fingerprint density at radius 3 is 2.16 bits per heavy atom. The van der Waals surface area contributed by atoms with Gasteiger partial charge in [-0.3, -0.25) is 0 Å². The lowest BCUT2D eigenvalue weighted by Crippen LogP contribution is -2.34. The molecule has 0 fully saturated rings. The molecular formula is C15H33NO3. The highest BCUT2D eigenvalue weighted by Gasteiger charge is 2.11. The predicted octanol–water partition coefficient (Wildman–Crippen LogP) is 2.47. The van der Waals surface area contributed by atoms with E-state index in [0.717, 1.165) is 19.6 Å². The molecule has 0 heterocycles. The van der Waals surface area contributed by atoms with Crippen LogP contribution in [0.3, 0.4) is 0 Å². The Labute approximate surface area is 119 Å². The minimum absolute atomic E-state index is 0.613. The Morgan fingerprint density at radius 2 is 1.58 bits per heavy atom. The van der Waals surface area contributed by atoms with Crippen LogP contribution in [-0.2, 0) is 14.2 Å². The van der Waals surface area contributed by atoms with Gasteiger partial charge in [-0.2, -0.15) is 0 Å². The average Bonchev–Trinajstić information content (AvgIpc) is 2.39. The molecule has 0 aromatic heterocycles. The minimum Gasteiger partial charge on any atom is -0.382 e. The summed E-state index contributed by atoms with van der Waals surface area (Å²) in [5.74, 6) is 0.684. The third-order valence-electron chi connectivity index (χ3n) is 3.07. The van der Waals surface area contributed by atoms with E-state index in [2.05, 4.69) is 26.1 Å². The quantitative estimate of drug-likeness (QED) is 0.494. The van der Waals surface area contributed by atoms with Gasteiger partial charge < -0.3 is 19.5 Å². The molecule has 4 heteroatoms. The van der Waals surface area contributed by atoms with Crippen molar-refractivity contribution in [3.05, 3.63) is 0 Å². The van der Waals surface area contributed by atoms with E-state index in [-0.39, 0.29) is 0 Å². The van der Waals surface area contributed by atoms with Crippen LogP contribution in [0.4, 0.5) is 0 Å². The highest BCUT2D eigenvalue weighted by atomic mass is 16.5. The maximum atomic E-state index is 5.55. The maximum Gasteiger partial charge on any atom is 0.0701 e. The van der Waals surface area contributed by atoms with Gasteiger partial charge in [-0.05, 0) is 31.7 Å². The third-order valence-corrected chi connectivity index (χ3v) is 3.07. The van der Waals surface area contributed by atoms with Crippen LogP contribution in [0.15, 0.2) is 0 Å². The molecule has 0 amide bonds. The normalized spacial score (nSPS) is 13.1. The van der Waals surface area contributed by atoms with Gasteiger partial charge in [0, 0.05) is 19.8 Å². The first-order chi connectivity index (χ1) is 9.22. The smallest absolute Gasteiger partial charge is 0.0701 e. The molecule has 0 spiro atoms. The van der Waals surface area contributed by atoms with Gasteiger partial charge in [0.1, 0.15) is 0 Å². The van der Waals surface area contributed by atoms with Crippen molar-refractivity contribution < 1.29 is 14.2 Å². The monoisotopic (exact) mass is 275 g/mol. The van der Waals surface area contributed by atoms with Crippen molar-refractivity contribution in [1.82, 2.24) is 5.32 Å². The largest absolute Gasteiger partial charge is 0.382 e. The van der Waals surface area contributed by atoms with E-state index in [9.17, 15) is 0 Å². The van der Waals surface area contributed by atoms with Crippen molar-refractivity contribution in [3.8, 4) is 0 Å². The fourth-order valence-electron chi connectivity index (χ4n) is 1.87. The molecule has 0 radical (unpaired) electrons. The number of hydrogen-bond acceptors (Lipinski definition) is 4. The molecular weight excluding hydrogens is 242 g/mol. The van der Waals surface area contributed by atoms with Crippen LogP contribution in [0.5, 0.6) is 0 Å². The highest BCUT2D eigenvalue weighted by molar-refractivity contribution is 4.69. The van der Waals surface area contributed by atoms with E-state index >= 15 is 0 Å². The molecule has 1 atom stereocenters. The van der Waals surface area contributed by atoms with Crippen molar-refractivity contribution in [2.75, 3.05) is 46.7 Å². The zero-order valence-corrected chi connectivity index (χ0v) is 13.2. The molecule has 0 aliphatic carbocycles. The second-order valence-electron chi connectivity index (χ2n) is 5.16. The molecule has 0 bridgehead atoms. The van der Waals surface area contributed by atoms with Crippen LogP contribution in [-0.4, -0.2) is 52.7 Å². The lowest BCUT2D eigenvalue weighted by Gasteiger charge is -2.22. The van der Waals surface area contributed by atoms with E-state index in [4.69, 9.17) is 14.2 Å². The fraction of sp³-hybridized carbons (Fsp3) is 1.00. The molecule has 0 aromatic rings. The van der Waals surface area contributed by atoms with Gasteiger partial charge in [0.05, 0.1) is 26.4 Å². The van der Waals surface area contributed by atoms with Crippen molar-refractivity contribution in [3.63, 3.8) is 0 Å².